The Morgan fingerprint density at radius 1 is 1.40 bits per heavy atom. The SMILES string of the molecule is CC(C)CC1(C(=O)N2CC(CCl)OCC2C)CCCC1. The van der Waals surface area contributed by atoms with Crippen molar-refractivity contribution in [1.29, 1.82) is 0 Å². The molecule has 4 heteroatoms. The van der Waals surface area contributed by atoms with E-state index < -0.39 is 0 Å². The highest BCUT2D eigenvalue weighted by Gasteiger charge is 2.45. The molecule has 0 radical (unpaired) electrons. The molecule has 20 heavy (non-hydrogen) atoms. The van der Waals surface area contributed by atoms with E-state index >= 15 is 0 Å². The molecule has 1 saturated carbocycles. The molecule has 1 heterocycles. The van der Waals surface area contributed by atoms with Gasteiger partial charge in [0.2, 0.25) is 5.91 Å². The molecule has 1 saturated heterocycles. The van der Waals surface area contributed by atoms with Gasteiger partial charge in [-0.15, -0.1) is 11.6 Å². The van der Waals surface area contributed by atoms with Crippen LogP contribution in [0.3, 0.4) is 0 Å². The molecule has 2 rings (SSSR count). The summed E-state index contributed by atoms with van der Waals surface area (Å²) in [5.74, 6) is 1.39. The third-order valence-electron chi connectivity index (χ3n) is 4.75. The van der Waals surface area contributed by atoms with Crippen molar-refractivity contribution in [3.8, 4) is 0 Å². The molecule has 1 amide bonds. The zero-order chi connectivity index (χ0) is 14.8. The lowest BCUT2D eigenvalue weighted by molar-refractivity contribution is -0.154. The minimum absolute atomic E-state index is 0.00526. The summed E-state index contributed by atoms with van der Waals surface area (Å²) in [5, 5.41) is 0. The number of amides is 1. The van der Waals surface area contributed by atoms with Crippen LogP contribution in [0.4, 0.5) is 0 Å². The van der Waals surface area contributed by atoms with Crippen LogP contribution in [0, 0.1) is 11.3 Å². The molecule has 2 unspecified atom stereocenters. The number of hydrogen-bond donors (Lipinski definition) is 0. The first-order valence-electron chi connectivity index (χ1n) is 7.97. The number of morpholine rings is 1. The summed E-state index contributed by atoms with van der Waals surface area (Å²) >= 11 is 5.91. The molecule has 0 bridgehead atoms. The molecule has 0 aromatic heterocycles. The van der Waals surface area contributed by atoms with Crippen molar-refractivity contribution in [3.05, 3.63) is 0 Å². The Balaban J connectivity index is 2.13. The van der Waals surface area contributed by atoms with Gasteiger partial charge in [0.25, 0.3) is 0 Å². The Labute approximate surface area is 128 Å². The van der Waals surface area contributed by atoms with Crippen LogP contribution in [0.25, 0.3) is 0 Å². The smallest absolute Gasteiger partial charge is 0.229 e. The maximum Gasteiger partial charge on any atom is 0.229 e. The third-order valence-corrected chi connectivity index (χ3v) is 5.10. The van der Waals surface area contributed by atoms with Gasteiger partial charge in [-0.25, -0.2) is 0 Å². The van der Waals surface area contributed by atoms with Gasteiger partial charge in [-0.3, -0.25) is 4.79 Å². The van der Waals surface area contributed by atoms with Crippen LogP contribution in [-0.4, -0.2) is 42.0 Å². The highest BCUT2D eigenvalue weighted by molar-refractivity contribution is 6.18. The fraction of sp³-hybridized carbons (Fsp3) is 0.938. The van der Waals surface area contributed by atoms with Crippen LogP contribution in [0.15, 0.2) is 0 Å². The molecule has 0 N–H and O–H groups in total. The Morgan fingerprint density at radius 3 is 2.60 bits per heavy atom. The molecule has 0 aromatic carbocycles. The van der Waals surface area contributed by atoms with Crippen molar-refractivity contribution in [2.75, 3.05) is 19.0 Å². The number of carbonyl (C=O) groups excluding carboxylic acids is 1. The standard InChI is InChI=1S/C16H28ClNO2/c1-12(2)8-16(6-4-5-7-16)15(19)18-10-14(9-17)20-11-13(18)3/h12-14H,4-11H2,1-3H3. The highest BCUT2D eigenvalue weighted by atomic mass is 35.5. The van der Waals surface area contributed by atoms with E-state index in [4.69, 9.17) is 16.3 Å². The molecular weight excluding hydrogens is 274 g/mol. The fourth-order valence-electron chi connectivity index (χ4n) is 3.84. The van der Waals surface area contributed by atoms with E-state index in [-0.39, 0.29) is 17.6 Å². The van der Waals surface area contributed by atoms with Crippen LogP contribution in [0.5, 0.6) is 0 Å². The number of alkyl halides is 1. The topological polar surface area (TPSA) is 29.5 Å². The highest BCUT2D eigenvalue weighted by Crippen LogP contribution is 2.45. The van der Waals surface area contributed by atoms with Crippen molar-refractivity contribution in [3.63, 3.8) is 0 Å². The van der Waals surface area contributed by atoms with Crippen LogP contribution in [0.1, 0.15) is 52.9 Å². The molecule has 0 spiro atoms. The largest absolute Gasteiger partial charge is 0.373 e. The number of carbonyl (C=O) groups is 1. The van der Waals surface area contributed by atoms with Crippen molar-refractivity contribution in [2.45, 2.75) is 65.0 Å². The lowest BCUT2D eigenvalue weighted by Gasteiger charge is -2.43. The molecule has 116 valence electrons. The molecule has 2 fully saturated rings. The zero-order valence-electron chi connectivity index (χ0n) is 13.0. The lowest BCUT2D eigenvalue weighted by Crippen LogP contribution is -2.55. The van der Waals surface area contributed by atoms with E-state index in [1.807, 2.05) is 4.90 Å². The fourth-order valence-corrected chi connectivity index (χ4v) is 4.02. The molecule has 3 nitrogen and oxygen atoms in total. The average Bonchev–Trinajstić information content (AvgIpc) is 2.87. The quantitative estimate of drug-likeness (QED) is 0.744. The van der Waals surface area contributed by atoms with Gasteiger partial charge in [0, 0.05) is 12.0 Å². The third kappa shape index (κ3) is 3.30. The second-order valence-corrected chi connectivity index (χ2v) is 7.31. The summed E-state index contributed by atoms with van der Waals surface area (Å²) in [6.45, 7) is 7.79. The summed E-state index contributed by atoms with van der Waals surface area (Å²) in [7, 11) is 0. The predicted molar refractivity (Wildman–Crippen MR) is 82.0 cm³/mol. The number of ether oxygens (including phenoxy) is 1. The van der Waals surface area contributed by atoms with E-state index in [9.17, 15) is 4.79 Å². The summed E-state index contributed by atoms with van der Waals surface area (Å²) in [6.07, 6.45) is 5.50. The Kier molecular flexibility index (Phi) is 5.36. The minimum Gasteiger partial charge on any atom is -0.373 e. The first kappa shape index (κ1) is 16.1. The normalized spacial score (nSPS) is 29.9. The first-order valence-corrected chi connectivity index (χ1v) is 8.50. The van der Waals surface area contributed by atoms with Crippen LogP contribution in [0.2, 0.25) is 0 Å². The van der Waals surface area contributed by atoms with Crippen LogP contribution >= 0.6 is 11.6 Å². The Morgan fingerprint density at radius 2 is 2.05 bits per heavy atom. The first-order chi connectivity index (χ1) is 9.48. The van der Waals surface area contributed by atoms with Crippen LogP contribution < -0.4 is 0 Å². The molecular formula is C16H28ClNO2. The second-order valence-electron chi connectivity index (χ2n) is 7.00. The zero-order valence-corrected chi connectivity index (χ0v) is 13.8. The van der Waals surface area contributed by atoms with Gasteiger partial charge in [-0.05, 0) is 32.1 Å². The lowest BCUT2D eigenvalue weighted by atomic mass is 9.77. The van der Waals surface area contributed by atoms with E-state index in [0.717, 1.165) is 19.3 Å². The van der Waals surface area contributed by atoms with Gasteiger partial charge in [-0.1, -0.05) is 26.7 Å². The second kappa shape index (κ2) is 6.65. The van der Waals surface area contributed by atoms with Gasteiger partial charge >= 0.3 is 0 Å². The van der Waals surface area contributed by atoms with Gasteiger partial charge in [-0.2, -0.15) is 0 Å². The predicted octanol–water partition coefficient (Wildman–Crippen LogP) is 3.45. The number of rotatable bonds is 4. The van der Waals surface area contributed by atoms with Crippen molar-refractivity contribution >= 4 is 17.5 Å². The van der Waals surface area contributed by atoms with E-state index in [2.05, 4.69) is 20.8 Å². The van der Waals surface area contributed by atoms with E-state index in [1.165, 1.54) is 12.8 Å². The monoisotopic (exact) mass is 301 g/mol. The molecule has 0 aromatic rings. The minimum atomic E-state index is -0.114. The van der Waals surface area contributed by atoms with Gasteiger partial charge in [0.05, 0.1) is 24.6 Å². The van der Waals surface area contributed by atoms with Gasteiger partial charge in [0.15, 0.2) is 0 Å². The number of halogens is 1. The number of hydrogen-bond acceptors (Lipinski definition) is 2. The summed E-state index contributed by atoms with van der Waals surface area (Å²) in [5.41, 5.74) is -0.114. The summed E-state index contributed by atoms with van der Waals surface area (Å²) in [6, 6.07) is 0.173. The average molecular weight is 302 g/mol. The Bertz CT molecular complexity index is 339. The summed E-state index contributed by atoms with van der Waals surface area (Å²) in [4.78, 5) is 15.2. The molecule has 1 aliphatic heterocycles. The van der Waals surface area contributed by atoms with Crippen molar-refractivity contribution in [1.82, 2.24) is 4.90 Å². The van der Waals surface area contributed by atoms with Gasteiger partial charge < -0.3 is 9.64 Å². The van der Waals surface area contributed by atoms with E-state index in [0.29, 0.717) is 30.9 Å². The van der Waals surface area contributed by atoms with Crippen molar-refractivity contribution in [2.24, 2.45) is 11.3 Å². The van der Waals surface area contributed by atoms with Crippen molar-refractivity contribution < 1.29 is 9.53 Å². The molecule has 1 aliphatic carbocycles. The van der Waals surface area contributed by atoms with Gasteiger partial charge in [0.1, 0.15) is 0 Å². The maximum atomic E-state index is 13.2. The molecule has 2 atom stereocenters. The maximum absolute atomic E-state index is 13.2. The molecule has 2 aliphatic rings. The van der Waals surface area contributed by atoms with E-state index in [1.54, 1.807) is 0 Å². The van der Waals surface area contributed by atoms with Crippen LogP contribution in [-0.2, 0) is 9.53 Å². The number of nitrogens with zero attached hydrogens (tertiary/aromatic N) is 1. The Hall–Kier alpha value is -0.280. The summed E-state index contributed by atoms with van der Waals surface area (Å²) < 4.78 is 5.67.